The molecule has 0 bridgehead atoms. The maximum absolute atomic E-state index is 12.5. The summed E-state index contributed by atoms with van der Waals surface area (Å²) in [6, 6.07) is 16.0. The standard InChI is InChI=1S/C26H26BrClN2O5/c1-4-33-22-11-8-19(14-23(22)32-3)26(31)30-29-15-18-12-21(27)25(24(13-18)34-5-2)35-16-17-6-9-20(28)10-7-17/h6-15H,4-5,16H2,1-3H3,(H,30,31)/b29-15+. The molecule has 1 N–H and O–H groups in total. The number of hydrogen-bond acceptors (Lipinski definition) is 6. The molecule has 0 atom stereocenters. The molecule has 3 rings (SSSR count). The van der Waals surface area contributed by atoms with Crippen LogP contribution in [0.2, 0.25) is 5.02 Å². The van der Waals surface area contributed by atoms with Crippen LogP contribution in [0.15, 0.2) is 64.2 Å². The molecule has 0 heterocycles. The van der Waals surface area contributed by atoms with Crippen molar-refractivity contribution >= 4 is 39.7 Å². The summed E-state index contributed by atoms with van der Waals surface area (Å²) in [5.41, 5.74) is 4.60. The van der Waals surface area contributed by atoms with Gasteiger partial charge in [-0.25, -0.2) is 5.43 Å². The van der Waals surface area contributed by atoms with E-state index in [1.807, 2.05) is 44.2 Å². The smallest absolute Gasteiger partial charge is 0.271 e. The van der Waals surface area contributed by atoms with E-state index in [0.717, 1.165) is 5.56 Å². The van der Waals surface area contributed by atoms with Crippen LogP contribution in [0, 0.1) is 0 Å². The summed E-state index contributed by atoms with van der Waals surface area (Å²) < 4.78 is 23.2. The van der Waals surface area contributed by atoms with E-state index in [1.54, 1.807) is 24.3 Å². The van der Waals surface area contributed by atoms with Gasteiger partial charge in [-0.05, 0) is 83.4 Å². The number of benzene rings is 3. The molecule has 0 aliphatic carbocycles. The predicted octanol–water partition coefficient (Wildman–Crippen LogP) is 6.25. The van der Waals surface area contributed by atoms with E-state index in [9.17, 15) is 4.79 Å². The minimum atomic E-state index is -0.380. The topological polar surface area (TPSA) is 78.4 Å². The lowest BCUT2D eigenvalue weighted by atomic mass is 10.2. The van der Waals surface area contributed by atoms with Gasteiger partial charge in [0.1, 0.15) is 6.61 Å². The second-order valence-electron chi connectivity index (χ2n) is 7.18. The van der Waals surface area contributed by atoms with Crippen molar-refractivity contribution in [2.24, 2.45) is 5.10 Å². The van der Waals surface area contributed by atoms with E-state index in [0.29, 0.717) is 63.4 Å². The zero-order valence-electron chi connectivity index (χ0n) is 19.6. The Morgan fingerprint density at radius 1 is 0.971 bits per heavy atom. The minimum absolute atomic E-state index is 0.352. The monoisotopic (exact) mass is 560 g/mol. The summed E-state index contributed by atoms with van der Waals surface area (Å²) in [4.78, 5) is 12.5. The van der Waals surface area contributed by atoms with E-state index in [4.69, 9.17) is 30.5 Å². The molecule has 1 amide bonds. The Labute approximate surface area is 218 Å². The van der Waals surface area contributed by atoms with Gasteiger partial charge in [-0.3, -0.25) is 4.79 Å². The Kier molecular flexibility index (Phi) is 9.81. The van der Waals surface area contributed by atoms with E-state index in [-0.39, 0.29) is 5.91 Å². The van der Waals surface area contributed by atoms with Gasteiger partial charge in [0.2, 0.25) is 0 Å². The number of amides is 1. The highest BCUT2D eigenvalue weighted by Crippen LogP contribution is 2.37. The second-order valence-corrected chi connectivity index (χ2v) is 8.47. The fourth-order valence-electron chi connectivity index (χ4n) is 3.12. The van der Waals surface area contributed by atoms with Crippen LogP contribution >= 0.6 is 27.5 Å². The first-order valence-corrected chi connectivity index (χ1v) is 12.1. The normalized spacial score (nSPS) is 10.8. The first-order chi connectivity index (χ1) is 16.9. The van der Waals surface area contributed by atoms with Crippen LogP contribution < -0.4 is 24.4 Å². The lowest BCUT2D eigenvalue weighted by molar-refractivity contribution is 0.0954. The molecular weight excluding hydrogens is 536 g/mol. The molecule has 0 spiro atoms. The SMILES string of the molecule is CCOc1ccc(C(=O)N/N=C/c2cc(Br)c(OCc3ccc(Cl)cc3)c(OCC)c2)cc1OC. The highest BCUT2D eigenvalue weighted by Gasteiger charge is 2.13. The van der Waals surface area contributed by atoms with Crippen molar-refractivity contribution in [2.45, 2.75) is 20.5 Å². The fraction of sp³-hybridized carbons (Fsp3) is 0.231. The van der Waals surface area contributed by atoms with Gasteiger partial charge in [0.25, 0.3) is 5.91 Å². The second kappa shape index (κ2) is 13.0. The number of carbonyl (C=O) groups is 1. The molecule has 0 radical (unpaired) electrons. The van der Waals surface area contributed by atoms with E-state index in [1.165, 1.54) is 13.3 Å². The number of carbonyl (C=O) groups excluding carboxylic acids is 1. The lowest BCUT2D eigenvalue weighted by Gasteiger charge is -2.14. The van der Waals surface area contributed by atoms with Gasteiger partial charge in [-0.1, -0.05) is 23.7 Å². The zero-order chi connectivity index (χ0) is 25.2. The summed E-state index contributed by atoms with van der Waals surface area (Å²) in [5.74, 6) is 1.80. The van der Waals surface area contributed by atoms with Gasteiger partial charge >= 0.3 is 0 Å². The van der Waals surface area contributed by atoms with Crippen molar-refractivity contribution in [3.05, 3.63) is 80.8 Å². The van der Waals surface area contributed by atoms with Gasteiger partial charge in [-0.15, -0.1) is 0 Å². The van der Waals surface area contributed by atoms with Gasteiger partial charge in [0, 0.05) is 10.6 Å². The van der Waals surface area contributed by atoms with Gasteiger partial charge < -0.3 is 18.9 Å². The third-order valence-electron chi connectivity index (χ3n) is 4.73. The number of rotatable bonds is 11. The van der Waals surface area contributed by atoms with Crippen LogP contribution in [0.3, 0.4) is 0 Å². The highest BCUT2D eigenvalue weighted by molar-refractivity contribution is 9.10. The number of methoxy groups -OCH3 is 1. The molecule has 0 aliphatic rings. The van der Waals surface area contributed by atoms with E-state index in [2.05, 4.69) is 26.5 Å². The first kappa shape index (κ1) is 26.4. The third kappa shape index (κ3) is 7.37. The maximum Gasteiger partial charge on any atom is 0.271 e. The summed E-state index contributed by atoms with van der Waals surface area (Å²) in [5, 5.41) is 4.75. The first-order valence-electron chi connectivity index (χ1n) is 10.9. The molecule has 35 heavy (non-hydrogen) atoms. The Morgan fingerprint density at radius 2 is 1.69 bits per heavy atom. The van der Waals surface area contributed by atoms with Crippen molar-refractivity contribution < 1.29 is 23.7 Å². The average molecular weight is 562 g/mol. The summed E-state index contributed by atoms with van der Waals surface area (Å²) in [6.07, 6.45) is 1.53. The third-order valence-corrected chi connectivity index (χ3v) is 5.57. The fourth-order valence-corrected chi connectivity index (χ4v) is 3.82. The molecule has 0 fully saturated rings. The number of nitrogens with zero attached hydrogens (tertiary/aromatic N) is 1. The quantitative estimate of drug-likeness (QED) is 0.221. The van der Waals surface area contributed by atoms with Crippen LogP contribution in [0.25, 0.3) is 0 Å². The summed E-state index contributed by atoms with van der Waals surface area (Å²) in [7, 11) is 1.52. The van der Waals surface area contributed by atoms with Gasteiger partial charge in [0.15, 0.2) is 23.0 Å². The van der Waals surface area contributed by atoms with Crippen molar-refractivity contribution in [1.82, 2.24) is 5.43 Å². The minimum Gasteiger partial charge on any atom is -0.493 e. The Morgan fingerprint density at radius 3 is 2.37 bits per heavy atom. The molecular formula is C26H26BrClN2O5. The van der Waals surface area contributed by atoms with Crippen LogP contribution in [0.5, 0.6) is 23.0 Å². The van der Waals surface area contributed by atoms with E-state index >= 15 is 0 Å². The zero-order valence-corrected chi connectivity index (χ0v) is 22.0. The molecule has 9 heteroatoms. The summed E-state index contributed by atoms with van der Waals surface area (Å²) >= 11 is 9.49. The van der Waals surface area contributed by atoms with Crippen molar-refractivity contribution in [3.63, 3.8) is 0 Å². The Bertz CT molecular complexity index is 1190. The van der Waals surface area contributed by atoms with E-state index < -0.39 is 0 Å². The highest BCUT2D eigenvalue weighted by atomic mass is 79.9. The van der Waals surface area contributed by atoms with Crippen LogP contribution in [0.1, 0.15) is 35.3 Å². The van der Waals surface area contributed by atoms with Crippen LogP contribution in [-0.2, 0) is 6.61 Å². The van der Waals surface area contributed by atoms with Crippen molar-refractivity contribution in [2.75, 3.05) is 20.3 Å². The molecule has 0 saturated carbocycles. The van der Waals surface area contributed by atoms with Crippen molar-refractivity contribution in [1.29, 1.82) is 0 Å². The summed E-state index contributed by atoms with van der Waals surface area (Å²) in [6.45, 7) is 5.08. The average Bonchev–Trinajstić information content (AvgIpc) is 2.85. The number of nitrogens with one attached hydrogen (secondary N) is 1. The molecule has 0 saturated heterocycles. The van der Waals surface area contributed by atoms with Crippen molar-refractivity contribution in [3.8, 4) is 23.0 Å². The number of hydrogen-bond donors (Lipinski definition) is 1. The Balaban J connectivity index is 1.70. The molecule has 3 aromatic carbocycles. The van der Waals surface area contributed by atoms with Gasteiger partial charge in [-0.2, -0.15) is 5.10 Å². The van der Waals surface area contributed by atoms with Gasteiger partial charge in [0.05, 0.1) is 31.0 Å². The number of hydrazone groups is 1. The maximum atomic E-state index is 12.5. The molecule has 3 aromatic rings. The molecule has 0 unspecified atom stereocenters. The Hall–Kier alpha value is -3.23. The number of halogens is 2. The molecule has 0 aliphatic heterocycles. The molecule has 7 nitrogen and oxygen atoms in total. The molecule has 0 aromatic heterocycles. The largest absolute Gasteiger partial charge is 0.493 e. The van der Waals surface area contributed by atoms with Crippen LogP contribution in [-0.4, -0.2) is 32.4 Å². The lowest BCUT2D eigenvalue weighted by Crippen LogP contribution is -2.17. The van der Waals surface area contributed by atoms with Crippen LogP contribution in [0.4, 0.5) is 0 Å². The molecule has 184 valence electrons. The predicted molar refractivity (Wildman–Crippen MR) is 140 cm³/mol. The number of ether oxygens (including phenoxy) is 4.